The van der Waals surface area contributed by atoms with Gasteiger partial charge in [-0.2, -0.15) is 5.26 Å². The number of piperazine rings is 1. The van der Waals surface area contributed by atoms with Crippen molar-refractivity contribution in [2.24, 2.45) is 11.3 Å². The Bertz CT molecular complexity index is 1970. The minimum absolute atomic E-state index is 0.139. The molecule has 8 rings (SSSR count). The molecule has 294 valence electrons. The number of likely N-dealkylation sites (tertiary alicyclic amines) is 1. The van der Waals surface area contributed by atoms with Crippen LogP contribution >= 0.6 is 11.6 Å². The van der Waals surface area contributed by atoms with Crippen molar-refractivity contribution in [1.82, 2.24) is 15.1 Å². The van der Waals surface area contributed by atoms with E-state index in [9.17, 15) is 19.6 Å². The van der Waals surface area contributed by atoms with Gasteiger partial charge in [0.25, 0.3) is 5.91 Å². The molecule has 5 aliphatic rings. The Morgan fingerprint density at radius 2 is 1.55 bits per heavy atom. The molecule has 3 amide bonds. The van der Waals surface area contributed by atoms with Gasteiger partial charge in [-0.05, 0) is 117 Å². The van der Waals surface area contributed by atoms with Gasteiger partial charge in [-0.1, -0.05) is 17.7 Å². The summed E-state index contributed by atoms with van der Waals surface area (Å²) in [5.41, 5.74) is 6.98. The summed E-state index contributed by atoms with van der Waals surface area (Å²) in [6.07, 6.45) is 6.37. The molecule has 0 unspecified atom stereocenters. The van der Waals surface area contributed by atoms with Crippen molar-refractivity contribution in [3.8, 4) is 6.07 Å². The Labute approximate surface area is 335 Å². The zero-order valence-electron chi connectivity index (χ0n) is 32.4. The summed E-state index contributed by atoms with van der Waals surface area (Å²) in [5.74, 6) is 0.270. The smallest absolute Gasteiger partial charge is 0.253 e. The first kappa shape index (κ1) is 38.1. The zero-order valence-corrected chi connectivity index (χ0v) is 33.2. The lowest BCUT2D eigenvalue weighted by molar-refractivity contribution is -0.133. The quantitative estimate of drug-likeness (QED) is 0.270. The van der Waals surface area contributed by atoms with Gasteiger partial charge in [-0.15, -0.1) is 0 Å². The van der Waals surface area contributed by atoms with Crippen LogP contribution in [0.2, 0.25) is 5.02 Å². The summed E-state index contributed by atoms with van der Waals surface area (Å²) in [6, 6.07) is 22.2. The molecule has 1 atom stereocenters. The fourth-order valence-electron chi connectivity index (χ4n) is 9.59. The van der Waals surface area contributed by atoms with E-state index in [1.165, 1.54) is 12.1 Å². The van der Waals surface area contributed by atoms with Crippen molar-refractivity contribution in [2.75, 3.05) is 92.0 Å². The maximum absolute atomic E-state index is 13.5. The van der Waals surface area contributed by atoms with E-state index in [-0.39, 0.29) is 23.8 Å². The Morgan fingerprint density at radius 3 is 2.25 bits per heavy atom. The van der Waals surface area contributed by atoms with E-state index in [4.69, 9.17) is 11.6 Å². The number of anilines is 4. The van der Waals surface area contributed by atoms with Gasteiger partial charge in [0.05, 0.1) is 10.6 Å². The molecule has 56 heavy (non-hydrogen) atoms. The number of hydrogen-bond acceptors (Lipinski definition) is 9. The number of amides is 3. The highest BCUT2D eigenvalue weighted by molar-refractivity contribution is 6.32. The van der Waals surface area contributed by atoms with Crippen LogP contribution in [0.3, 0.4) is 0 Å². The molecule has 0 radical (unpaired) electrons. The molecule has 2 N–H and O–H groups in total. The first-order valence-electron chi connectivity index (χ1n) is 20.4. The third-order valence-corrected chi connectivity index (χ3v) is 13.6. The van der Waals surface area contributed by atoms with E-state index < -0.39 is 0 Å². The molecular weight excluding hydrogens is 724 g/mol. The van der Waals surface area contributed by atoms with E-state index >= 15 is 0 Å². The molecule has 5 heterocycles. The van der Waals surface area contributed by atoms with Gasteiger partial charge in [0.2, 0.25) is 11.8 Å². The number of carbonyl (C=O) groups excluding carboxylic acids is 3. The number of carbonyl (C=O) groups is 3. The van der Waals surface area contributed by atoms with Gasteiger partial charge in [0.15, 0.2) is 0 Å². The molecule has 12 heteroatoms. The van der Waals surface area contributed by atoms with Crippen LogP contribution in [0.1, 0.15) is 66.4 Å². The second kappa shape index (κ2) is 16.4. The minimum atomic E-state index is -0.389. The number of nitrogens with zero attached hydrogens (tertiary/aromatic N) is 6. The van der Waals surface area contributed by atoms with E-state index in [0.29, 0.717) is 34.8 Å². The first-order valence-corrected chi connectivity index (χ1v) is 20.8. The maximum Gasteiger partial charge on any atom is 0.253 e. The van der Waals surface area contributed by atoms with Crippen molar-refractivity contribution in [2.45, 2.75) is 57.9 Å². The van der Waals surface area contributed by atoms with E-state index in [1.807, 2.05) is 42.2 Å². The number of rotatable bonds is 8. The normalized spacial score (nSPS) is 22.0. The largest absolute Gasteiger partial charge is 0.374 e. The van der Waals surface area contributed by atoms with Gasteiger partial charge in [-0.3, -0.25) is 24.6 Å². The van der Waals surface area contributed by atoms with Crippen LogP contribution in [-0.2, 0) is 9.59 Å². The van der Waals surface area contributed by atoms with Gasteiger partial charge >= 0.3 is 0 Å². The van der Waals surface area contributed by atoms with Crippen molar-refractivity contribution in [3.05, 3.63) is 82.4 Å². The molecule has 5 aliphatic heterocycles. The van der Waals surface area contributed by atoms with Crippen molar-refractivity contribution >= 4 is 52.1 Å². The van der Waals surface area contributed by atoms with Crippen LogP contribution in [0.15, 0.2) is 60.7 Å². The highest BCUT2D eigenvalue weighted by Gasteiger charge is 2.41. The average molecular weight is 777 g/mol. The van der Waals surface area contributed by atoms with E-state index in [0.717, 1.165) is 126 Å². The summed E-state index contributed by atoms with van der Waals surface area (Å²) in [6.45, 7) is 12.6. The van der Waals surface area contributed by atoms with Gasteiger partial charge in [0, 0.05) is 107 Å². The van der Waals surface area contributed by atoms with Crippen LogP contribution in [0.4, 0.5) is 22.7 Å². The highest BCUT2D eigenvalue weighted by Crippen LogP contribution is 2.44. The average Bonchev–Trinajstić information content (AvgIpc) is 3.63. The molecule has 0 aliphatic carbocycles. The van der Waals surface area contributed by atoms with Crippen LogP contribution in [0.25, 0.3) is 0 Å². The van der Waals surface area contributed by atoms with Gasteiger partial charge in [-0.25, -0.2) is 0 Å². The summed E-state index contributed by atoms with van der Waals surface area (Å²) >= 11 is 6.50. The number of benzene rings is 3. The van der Waals surface area contributed by atoms with E-state index in [1.54, 1.807) is 0 Å². The molecular formula is C44H53ClN8O3. The second-order valence-corrected chi connectivity index (χ2v) is 17.0. The third-order valence-electron chi connectivity index (χ3n) is 13.1. The third kappa shape index (κ3) is 8.19. The summed E-state index contributed by atoms with van der Waals surface area (Å²) in [4.78, 5) is 49.2. The van der Waals surface area contributed by atoms with Gasteiger partial charge < -0.3 is 24.9 Å². The number of hydrogen-bond donors (Lipinski definition) is 2. The zero-order chi connectivity index (χ0) is 38.8. The SMILES string of the molecule is Cc1c(N2CCC3(CCN(c4ccc(C(=O)N5CCC(CN6CCN(c7cccc(N[C@@H]8CCC(=O)NC8=O)c7)CC6)CC5)cc4)CC3)C2)ccc(C#N)c1Cl. The first-order chi connectivity index (χ1) is 27.2. The predicted molar refractivity (Wildman–Crippen MR) is 222 cm³/mol. The number of nitrogens with one attached hydrogen (secondary N) is 2. The second-order valence-electron chi connectivity index (χ2n) is 16.6. The Balaban J connectivity index is 0.760. The molecule has 0 saturated carbocycles. The van der Waals surface area contributed by atoms with Crippen LogP contribution in [0.5, 0.6) is 0 Å². The Kier molecular flexibility index (Phi) is 11.1. The minimum Gasteiger partial charge on any atom is -0.374 e. The maximum atomic E-state index is 13.5. The molecule has 5 saturated heterocycles. The molecule has 11 nitrogen and oxygen atoms in total. The molecule has 3 aromatic rings. The van der Waals surface area contributed by atoms with Crippen LogP contribution in [-0.4, -0.2) is 106 Å². The van der Waals surface area contributed by atoms with Gasteiger partial charge in [0.1, 0.15) is 12.1 Å². The monoisotopic (exact) mass is 776 g/mol. The fraction of sp³-hybridized carbons (Fsp3) is 0.500. The topological polar surface area (TPSA) is 115 Å². The number of piperidine rings is 3. The van der Waals surface area contributed by atoms with Crippen LogP contribution in [0, 0.1) is 29.6 Å². The Morgan fingerprint density at radius 1 is 0.857 bits per heavy atom. The molecule has 0 bridgehead atoms. The molecule has 5 fully saturated rings. The lowest BCUT2D eigenvalue weighted by Crippen LogP contribution is -2.49. The van der Waals surface area contributed by atoms with Crippen molar-refractivity contribution in [1.29, 1.82) is 5.26 Å². The summed E-state index contributed by atoms with van der Waals surface area (Å²) in [7, 11) is 0. The summed E-state index contributed by atoms with van der Waals surface area (Å²) < 4.78 is 0. The molecule has 0 aromatic heterocycles. The van der Waals surface area contributed by atoms with E-state index in [2.05, 4.69) is 66.6 Å². The number of nitriles is 1. The number of imide groups is 1. The lowest BCUT2D eigenvalue weighted by Gasteiger charge is -2.40. The Hall–Kier alpha value is -4.79. The van der Waals surface area contributed by atoms with Crippen molar-refractivity contribution < 1.29 is 14.4 Å². The summed E-state index contributed by atoms with van der Waals surface area (Å²) in [5, 5.41) is 15.7. The standard InChI is InChI=1S/C44H53ClN8O3/c1-31-39(11-7-34(28-46)41(31)45)53-22-17-44(30-53)15-20-50(21-16-44)36-8-5-33(6-9-36)43(56)52-18-13-32(14-19-52)29-49-23-25-51(26-24-49)37-4-2-3-35(27-37)47-38-10-12-40(54)48-42(38)55/h2-9,11,27,32,38,47H,10,12-26,29-30H2,1H3,(H,48,54,55)/t38-/m1/s1. The molecule has 1 spiro atoms. The number of halogens is 1. The van der Waals surface area contributed by atoms with Crippen LogP contribution < -0.4 is 25.3 Å². The predicted octanol–water partition coefficient (Wildman–Crippen LogP) is 5.91. The highest BCUT2D eigenvalue weighted by atomic mass is 35.5. The fourth-order valence-corrected chi connectivity index (χ4v) is 9.79. The van der Waals surface area contributed by atoms with Crippen molar-refractivity contribution in [3.63, 3.8) is 0 Å². The lowest BCUT2D eigenvalue weighted by atomic mass is 9.77. The molecule has 3 aromatic carbocycles.